The summed E-state index contributed by atoms with van der Waals surface area (Å²) >= 11 is 1.35. The summed E-state index contributed by atoms with van der Waals surface area (Å²) in [5.41, 5.74) is 0. The summed E-state index contributed by atoms with van der Waals surface area (Å²) in [6, 6.07) is 0. The molecule has 0 aliphatic carbocycles. The molecule has 2 amide bonds. The molecular formula is C10H16N4O2S. The van der Waals surface area contributed by atoms with Crippen molar-refractivity contribution < 1.29 is 9.59 Å². The second kappa shape index (κ2) is 6.29. The Hall–Kier alpha value is -1.50. The van der Waals surface area contributed by atoms with Crippen LogP contribution < -0.4 is 10.6 Å². The molecule has 0 unspecified atom stereocenters. The van der Waals surface area contributed by atoms with Crippen LogP contribution in [0.5, 0.6) is 0 Å². The Balaban J connectivity index is 2.42. The zero-order valence-corrected chi connectivity index (χ0v) is 10.9. The number of amides is 2. The van der Waals surface area contributed by atoms with Crippen molar-refractivity contribution in [3.8, 4) is 0 Å². The van der Waals surface area contributed by atoms with Gasteiger partial charge in [-0.3, -0.25) is 9.59 Å². The Labute approximate surface area is 104 Å². The van der Waals surface area contributed by atoms with Crippen molar-refractivity contribution in [2.75, 3.05) is 12.4 Å². The second-order valence-corrected chi connectivity index (χ2v) is 4.83. The van der Waals surface area contributed by atoms with Gasteiger partial charge in [0.1, 0.15) is 5.01 Å². The van der Waals surface area contributed by atoms with Crippen molar-refractivity contribution in [2.24, 2.45) is 0 Å². The number of carbonyl (C=O) groups is 2. The molecule has 6 nitrogen and oxygen atoms in total. The van der Waals surface area contributed by atoms with Crippen LogP contribution in [0.3, 0.4) is 0 Å². The van der Waals surface area contributed by atoms with E-state index in [-0.39, 0.29) is 24.7 Å². The van der Waals surface area contributed by atoms with Crippen molar-refractivity contribution in [3.05, 3.63) is 5.01 Å². The number of carbonyl (C=O) groups excluding carboxylic acids is 2. The first-order valence-corrected chi connectivity index (χ1v) is 6.18. The summed E-state index contributed by atoms with van der Waals surface area (Å²) in [5, 5.41) is 14.3. The molecular weight excluding hydrogens is 240 g/mol. The van der Waals surface area contributed by atoms with Gasteiger partial charge in [-0.1, -0.05) is 25.2 Å². The third kappa shape index (κ3) is 4.48. The highest BCUT2D eigenvalue weighted by molar-refractivity contribution is 7.15. The molecule has 0 aliphatic heterocycles. The van der Waals surface area contributed by atoms with Crippen LogP contribution in [-0.2, 0) is 9.59 Å². The van der Waals surface area contributed by atoms with E-state index in [9.17, 15) is 9.59 Å². The summed E-state index contributed by atoms with van der Waals surface area (Å²) in [6.07, 6.45) is 0.328. The molecule has 7 heteroatoms. The van der Waals surface area contributed by atoms with Gasteiger partial charge in [0.2, 0.25) is 16.9 Å². The van der Waals surface area contributed by atoms with Crippen LogP contribution in [0.15, 0.2) is 0 Å². The number of nitrogens with one attached hydrogen (secondary N) is 2. The molecule has 1 aromatic heterocycles. The van der Waals surface area contributed by atoms with Gasteiger partial charge in [0, 0.05) is 25.8 Å². The van der Waals surface area contributed by atoms with Crippen molar-refractivity contribution in [1.82, 2.24) is 15.5 Å². The van der Waals surface area contributed by atoms with E-state index >= 15 is 0 Å². The molecule has 17 heavy (non-hydrogen) atoms. The molecule has 0 aliphatic rings. The second-order valence-electron chi connectivity index (χ2n) is 3.82. The zero-order chi connectivity index (χ0) is 12.8. The Morgan fingerprint density at radius 3 is 2.41 bits per heavy atom. The normalized spacial score (nSPS) is 10.4. The lowest BCUT2D eigenvalue weighted by Gasteiger charge is -2.00. The minimum Gasteiger partial charge on any atom is -0.359 e. The maximum absolute atomic E-state index is 11.5. The lowest BCUT2D eigenvalue weighted by molar-refractivity contribution is -0.124. The van der Waals surface area contributed by atoms with E-state index in [0.717, 1.165) is 5.01 Å². The van der Waals surface area contributed by atoms with Gasteiger partial charge in [-0.2, -0.15) is 0 Å². The summed E-state index contributed by atoms with van der Waals surface area (Å²) in [4.78, 5) is 22.4. The van der Waals surface area contributed by atoms with Gasteiger partial charge < -0.3 is 10.6 Å². The van der Waals surface area contributed by atoms with Crippen molar-refractivity contribution >= 4 is 28.3 Å². The fraction of sp³-hybridized carbons (Fsp3) is 0.600. The Kier molecular flexibility index (Phi) is 5.02. The summed E-state index contributed by atoms with van der Waals surface area (Å²) in [6.45, 7) is 4.02. The maximum Gasteiger partial charge on any atom is 0.226 e. The summed E-state index contributed by atoms with van der Waals surface area (Å²) in [5.74, 6) is -0.0793. The van der Waals surface area contributed by atoms with E-state index in [4.69, 9.17) is 0 Å². The molecule has 0 fully saturated rings. The smallest absolute Gasteiger partial charge is 0.226 e. The van der Waals surface area contributed by atoms with Crippen LogP contribution in [0.25, 0.3) is 0 Å². The molecule has 94 valence electrons. The van der Waals surface area contributed by atoms with Crippen molar-refractivity contribution in [1.29, 1.82) is 0 Å². The first kappa shape index (κ1) is 13.6. The highest BCUT2D eigenvalue weighted by Crippen LogP contribution is 2.22. The predicted octanol–water partition coefficient (Wildman–Crippen LogP) is 1.13. The van der Waals surface area contributed by atoms with E-state index in [1.165, 1.54) is 11.3 Å². The highest BCUT2D eigenvalue weighted by atomic mass is 32.1. The Morgan fingerprint density at radius 2 is 1.88 bits per heavy atom. The fourth-order valence-corrected chi connectivity index (χ4v) is 1.81. The molecule has 0 saturated heterocycles. The summed E-state index contributed by atoms with van der Waals surface area (Å²) in [7, 11) is 1.54. The van der Waals surface area contributed by atoms with Crippen molar-refractivity contribution in [3.63, 3.8) is 0 Å². The lowest BCUT2D eigenvalue weighted by Crippen LogP contribution is -2.20. The number of anilines is 1. The Morgan fingerprint density at radius 1 is 1.24 bits per heavy atom. The van der Waals surface area contributed by atoms with E-state index in [0.29, 0.717) is 11.0 Å². The molecule has 1 aromatic rings. The van der Waals surface area contributed by atoms with Gasteiger partial charge in [0.25, 0.3) is 0 Å². The number of aromatic nitrogens is 2. The van der Waals surface area contributed by atoms with E-state index in [1.54, 1.807) is 7.05 Å². The van der Waals surface area contributed by atoms with Crippen LogP contribution in [0.1, 0.15) is 37.6 Å². The molecule has 0 atom stereocenters. The molecule has 2 N–H and O–H groups in total. The first-order valence-electron chi connectivity index (χ1n) is 5.36. The SMILES string of the molecule is CNC(=O)CCC(=O)Nc1nnc(C(C)C)s1. The third-order valence-corrected chi connectivity index (χ3v) is 3.18. The molecule has 0 radical (unpaired) electrons. The largest absolute Gasteiger partial charge is 0.359 e. The van der Waals surface area contributed by atoms with E-state index in [1.807, 2.05) is 13.8 Å². The monoisotopic (exact) mass is 256 g/mol. The van der Waals surface area contributed by atoms with Crippen molar-refractivity contribution in [2.45, 2.75) is 32.6 Å². The zero-order valence-electron chi connectivity index (χ0n) is 10.1. The molecule has 1 heterocycles. The van der Waals surface area contributed by atoms with Crippen LogP contribution in [0.2, 0.25) is 0 Å². The van der Waals surface area contributed by atoms with Crippen LogP contribution in [0.4, 0.5) is 5.13 Å². The molecule has 0 spiro atoms. The molecule has 0 bridgehead atoms. The van der Waals surface area contributed by atoms with Gasteiger partial charge in [-0.25, -0.2) is 0 Å². The summed E-state index contributed by atoms with van der Waals surface area (Å²) < 4.78 is 0. The minimum absolute atomic E-state index is 0.149. The van der Waals surface area contributed by atoms with Crippen LogP contribution >= 0.6 is 11.3 Å². The van der Waals surface area contributed by atoms with Gasteiger partial charge >= 0.3 is 0 Å². The average Bonchev–Trinajstić information content (AvgIpc) is 2.74. The lowest BCUT2D eigenvalue weighted by atomic mass is 10.2. The first-order chi connectivity index (χ1) is 8.02. The third-order valence-electron chi connectivity index (χ3n) is 2.04. The number of nitrogens with zero attached hydrogens (tertiary/aromatic N) is 2. The van der Waals surface area contributed by atoms with Gasteiger partial charge in [0.05, 0.1) is 0 Å². The quantitative estimate of drug-likeness (QED) is 0.827. The van der Waals surface area contributed by atoms with Crippen LogP contribution in [-0.4, -0.2) is 29.1 Å². The number of hydrogen-bond acceptors (Lipinski definition) is 5. The fourth-order valence-electron chi connectivity index (χ4n) is 1.05. The van der Waals surface area contributed by atoms with E-state index in [2.05, 4.69) is 20.8 Å². The molecule has 0 aromatic carbocycles. The predicted molar refractivity (Wildman–Crippen MR) is 65.9 cm³/mol. The highest BCUT2D eigenvalue weighted by Gasteiger charge is 2.11. The maximum atomic E-state index is 11.5. The average molecular weight is 256 g/mol. The molecule has 1 rings (SSSR count). The minimum atomic E-state index is -0.222. The van der Waals surface area contributed by atoms with Gasteiger partial charge in [-0.05, 0) is 0 Å². The number of rotatable bonds is 5. The van der Waals surface area contributed by atoms with Crippen LogP contribution in [0, 0.1) is 0 Å². The van der Waals surface area contributed by atoms with E-state index < -0.39 is 0 Å². The van der Waals surface area contributed by atoms with Gasteiger partial charge in [0.15, 0.2) is 0 Å². The molecule has 0 saturated carbocycles. The van der Waals surface area contributed by atoms with Gasteiger partial charge in [-0.15, -0.1) is 10.2 Å². The standard InChI is InChI=1S/C10H16N4O2S/c1-6(2)9-13-14-10(17-9)12-8(16)5-4-7(15)11-3/h6H,4-5H2,1-3H3,(H,11,15)(H,12,14,16). The topological polar surface area (TPSA) is 84.0 Å². The number of hydrogen-bond donors (Lipinski definition) is 2. The Bertz CT molecular complexity index is 403.